The zero-order valence-electron chi connectivity index (χ0n) is 13.6. The molecule has 114 valence electrons. The van der Waals surface area contributed by atoms with E-state index in [-0.39, 0.29) is 41.2 Å². The molecule has 6 heteroatoms. The van der Waals surface area contributed by atoms with E-state index in [1.165, 1.54) is 19.3 Å². The van der Waals surface area contributed by atoms with Crippen molar-refractivity contribution in [3.05, 3.63) is 23.4 Å². The quantitative estimate of drug-likeness (QED) is 0.242. The summed E-state index contributed by atoms with van der Waals surface area (Å²) < 4.78 is 0. The third kappa shape index (κ3) is 17.4. The van der Waals surface area contributed by atoms with Crippen molar-refractivity contribution in [2.24, 2.45) is 0 Å². The van der Waals surface area contributed by atoms with Crippen LogP contribution in [0.2, 0.25) is 0 Å². The van der Waals surface area contributed by atoms with Gasteiger partial charge in [-0.2, -0.15) is 35.2 Å². The average molecular weight is 474 g/mol. The van der Waals surface area contributed by atoms with Gasteiger partial charge >= 0.3 is 25.8 Å². The van der Waals surface area contributed by atoms with Crippen molar-refractivity contribution >= 4 is 19.5 Å². The Morgan fingerprint density at radius 1 is 1.05 bits per heavy atom. The van der Waals surface area contributed by atoms with Crippen molar-refractivity contribution in [3.63, 3.8) is 0 Å². The van der Waals surface area contributed by atoms with Crippen molar-refractivity contribution in [3.8, 4) is 0 Å². The van der Waals surface area contributed by atoms with Crippen LogP contribution in [0.15, 0.2) is 0 Å². The van der Waals surface area contributed by atoms with Gasteiger partial charge in [-0.3, -0.25) is 0 Å². The van der Waals surface area contributed by atoms with Gasteiger partial charge in [-0.05, 0) is 25.2 Å². The summed E-state index contributed by atoms with van der Waals surface area (Å²) in [5.74, 6) is 0. The second-order valence-electron chi connectivity index (χ2n) is 4.12. The Kier molecular flexibility index (Phi) is 32.8. The molecule has 0 heterocycles. The van der Waals surface area contributed by atoms with Gasteiger partial charge in [0.15, 0.2) is 0 Å². The third-order valence-electron chi connectivity index (χ3n) is 2.33. The molecule has 0 aliphatic heterocycles. The molecule has 0 aromatic heterocycles. The first-order valence-electron chi connectivity index (χ1n) is 5.94. The number of alkyl halides is 1. The first kappa shape index (κ1) is 28.6. The van der Waals surface area contributed by atoms with Gasteiger partial charge in [0.25, 0.3) is 0 Å². The van der Waals surface area contributed by atoms with Crippen LogP contribution in [0.25, 0.3) is 16.0 Å². The van der Waals surface area contributed by atoms with E-state index in [1.54, 1.807) is 28.2 Å². The molecule has 0 amide bonds. The van der Waals surface area contributed by atoms with Crippen LogP contribution in [0, 0.1) is 7.43 Å². The molecule has 1 aliphatic rings. The molecule has 1 saturated carbocycles. The maximum absolute atomic E-state index is 6.18. The Bertz CT molecular complexity index is 154. The summed E-state index contributed by atoms with van der Waals surface area (Å²) >= 11 is 6.18. The molecule has 19 heavy (non-hydrogen) atoms. The largest absolute Gasteiger partial charge is 4.00 e. The molecule has 1 rings (SSSR count). The molecule has 0 spiro atoms. The Hall–Kier alpha value is 1.47. The minimum Gasteiger partial charge on any atom is -0.668 e. The number of rotatable bonds is 3. The molecule has 0 aromatic carbocycles. The third-order valence-corrected chi connectivity index (χ3v) is 5.51. The van der Waals surface area contributed by atoms with Gasteiger partial charge in [0.1, 0.15) is 0 Å². The van der Waals surface area contributed by atoms with Crippen LogP contribution in [0.4, 0.5) is 0 Å². The molecule has 0 radical (unpaired) electrons. The summed E-state index contributed by atoms with van der Waals surface area (Å²) in [5, 5.41) is 11.6. The van der Waals surface area contributed by atoms with Crippen molar-refractivity contribution in [2.45, 2.75) is 30.3 Å². The van der Waals surface area contributed by atoms with E-state index >= 15 is 0 Å². The summed E-state index contributed by atoms with van der Waals surface area (Å²) in [4.78, 5) is 0. The fourth-order valence-corrected chi connectivity index (χ4v) is 4.56. The van der Waals surface area contributed by atoms with Gasteiger partial charge in [-0.15, -0.1) is 25.8 Å². The second kappa shape index (κ2) is 21.8. The molecule has 3 nitrogen and oxygen atoms in total. The van der Waals surface area contributed by atoms with Gasteiger partial charge in [0, 0.05) is 5.38 Å². The summed E-state index contributed by atoms with van der Waals surface area (Å²) in [5.41, 5.74) is 0.787. The number of hydrogen-bond donors (Lipinski definition) is 0. The predicted octanol–water partition coefficient (Wildman–Crippen LogP) is 4.91. The molecule has 3 atom stereocenters. The first-order chi connectivity index (χ1) is 8.08. The normalized spacial score (nSPS) is 21.6. The van der Waals surface area contributed by atoms with Crippen LogP contribution >= 0.6 is 19.5 Å². The van der Waals surface area contributed by atoms with Crippen LogP contribution in [0.5, 0.6) is 0 Å². The fourth-order valence-electron chi connectivity index (χ4n) is 1.72. The van der Waals surface area contributed by atoms with Crippen LogP contribution in [-0.2, 0) is 25.8 Å². The molecule has 0 N–H and O–H groups in total. The predicted molar refractivity (Wildman–Crippen MR) is 91.1 cm³/mol. The standard InChI is InChI=1S/C8H16ClNP.2C2H6N.CH3.Hf/c1-10-6-11(2)8-5-3-4-7(8)9;2*1-3-2;;/h7-8H,3-6H2,1-2H3;2*1-2H3;1H3;/q4*-1;+4. The molecule has 0 bridgehead atoms. The zero-order valence-corrected chi connectivity index (χ0v) is 18.9. The average Bonchev–Trinajstić information content (AvgIpc) is 2.67. The van der Waals surface area contributed by atoms with Crippen LogP contribution in [0.3, 0.4) is 0 Å². The van der Waals surface area contributed by atoms with Crippen LogP contribution in [0.1, 0.15) is 19.3 Å². The molecule has 0 saturated heterocycles. The maximum Gasteiger partial charge on any atom is 4.00 e. The summed E-state index contributed by atoms with van der Waals surface area (Å²) in [6.07, 6.45) is 4.94. The van der Waals surface area contributed by atoms with Gasteiger partial charge in [-0.1, -0.05) is 6.42 Å². The Balaban J connectivity index is -0.000000122. The number of hydrogen-bond acceptors (Lipinski definition) is 0. The minimum atomic E-state index is 0. The smallest absolute Gasteiger partial charge is 0.668 e. The molecule has 3 unspecified atom stereocenters. The van der Waals surface area contributed by atoms with Crippen LogP contribution in [-0.4, -0.2) is 59.2 Å². The van der Waals surface area contributed by atoms with Gasteiger partial charge in [0.05, 0.1) is 0 Å². The van der Waals surface area contributed by atoms with E-state index in [4.69, 9.17) is 11.6 Å². The van der Waals surface area contributed by atoms with Gasteiger partial charge < -0.3 is 23.4 Å². The van der Waals surface area contributed by atoms with E-state index in [2.05, 4.69) is 22.6 Å². The van der Waals surface area contributed by atoms with Crippen molar-refractivity contribution < 1.29 is 25.8 Å². The number of halogens is 1. The Labute approximate surface area is 146 Å². The van der Waals surface area contributed by atoms with Crippen molar-refractivity contribution in [2.75, 3.05) is 48.2 Å². The molecular weight excluding hydrogens is 443 g/mol. The summed E-state index contributed by atoms with van der Waals surface area (Å²) in [6.45, 7) is 2.33. The van der Waals surface area contributed by atoms with E-state index in [1.807, 2.05) is 7.05 Å². The van der Waals surface area contributed by atoms with Crippen LogP contribution < -0.4 is 0 Å². The Morgan fingerprint density at radius 3 is 1.74 bits per heavy atom. The first-order valence-corrected chi connectivity index (χ1v) is 8.42. The minimum absolute atomic E-state index is 0. The topological polar surface area (TPSA) is 42.3 Å². The van der Waals surface area contributed by atoms with E-state index in [9.17, 15) is 0 Å². The van der Waals surface area contributed by atoms with Crippen molar-refractivity contribution in [1.29, 1.82) is 0 Å². The molecule has 1 fully saturated rings. The maximum atomic E-state index is 6.18. The zero-order chi connectivity index (χ0) is 13.7. The summed E-state index contributed by atoms with van der Waals surface area (Å²) in [6, 6.07) is 0. The van der Waals surface area contributed by atoms with Crippen molar-refractivity contribution in [1.82, 2.24) is 0 Å². The SMILES string of the molecule is C[N-]C.C[N-]C.C[N-]CP(C)C1CCCC1Cl.[CH3-].[Hf+4]. The van der Waals surface area contributed by atoms with E-state index < -0.39 is 0 Å². The van der Waals surface area contributed by atoms with E-state index in [0.717, 1.165) is 11.9 Å². The summed E-state index contributed by atoms with van der Waals surface area (Å²) in [7, 11) is 8.98. The Morgan fingerprint density at radius 2 is 1.47 bits per heavy atom. The molecule has 0 aromatic rings. The fraction of sp³-hybridized carbons (Fsp3) is 0.923. The molecule has 1 aliphatic carbocycles. The molecular formula is C13H31ClHfN3P. The van der Waals surface area contributed by atoms with E-state index in [0.29, 0.717) is 5.38 Å². The monoisotopic (exact) mass is 475 g/mol. The second-order valence-corrected chi connectivity index (χ2v) is 7.14. The van der Waals surface area contributed by atoms with Gasteiger partial charge in [0.2, 0.25) is 0 Å². The van der Waals surface area contributed by atoms with Gasteiger partial charge in [-0.25, -0.2) is 0 Å². The number of nitrogens with zero attached hydrogens (tertiary/aromatic N) is 3.